The van der Waals surface area contributed by atoms with Gasteiger partial charge in [-0.15, -0.1) is 0 Å². The third kappa shape index (κ3) is 5.37. The molecule has 29 heavy (non-hydrogen) atoms. The van der Waals surface area contributed by atoms with E-state index in [1.165, 1.54) is 68.6 Å². The highest BCUT2D eigenvalue weighted by Crippen LogP contribution is 2.27. The van der Waals surface area contributed by atoms with E-state index < -0.39 is 0 Å². The zero-order chi connectivity index (χ0) is 19.9. The molecule has 1 aromatic heterocycles. The molecule has 2 saturated heterocycles. The second-order valence-corrected chi connectivity index (χ2v) is 8.63. The minimum atomic E-state index is 0.679. The number of likely N-dealkylation sites (N-methyl/N-ethyl adjacent to an activating group) is 1. The Morgan fingerprint density at radius 3 is 2.62 bits per heavy atom. The molecular formula is C25H36N4. The Hall–Kier alpha value is -1.91. The van der Waals surface area contributed by atoms with Gasteiger partial charge in [-0.3, -0.25) is 14.8 Å². The van der Waals surface area contributed by atoms with E-state index in [1.54, 1.807) is 0 Å². The van der Waals surface area contributed by atoms with E-state index in [-0.39, 0.29) is 0 Å². The Morgan fingerprint density at radius 1 is 0.966 bits per heavy atom. The van der Waals surface area contributed by atoms with Gasteiger partial charge in [0.25, 0.3) is 0 Å². The molecule has 2 aliphatic rings. The van der Waals surface area contributed by atoms with Gasteiger partial charge < -0.3 is 4.90 Å². The normalized spacial score (nSPS) is 20.5. The number of nitrogens with zero attached hydrogens (tertiary/aromatic N) is 4. The molecule has 1 unspecified atom stereocenters. The monoisotopic (exact) mass is 392 g/mol. The predicted molar refractivity (Wildman–Crippen MR) is 121 cm³/mol. The number of hydrogen-bond acceptors (Lipinski definition) is 4. The van der Waals surface area contributed by atoms with Crippen molar-refractivity contribution in [2.24, 2.45) is 0 Å². The summed E-state index contributed by atoms with van der Waals surface area (Å²) in [5, 5.41) is 0. The Labute approximate surface area is 176 Å². The van der Waals surface area contributed by atoms with E-state index in [9.17, 15) is 0 Å². The first-order chi connectivity index (χ1) is 14.3. The molecule has 3 heterocycles. The maximum Gasteiger partial charge on any atom is 0.0411 e. The highest BCUT2D eigenvalue weighted by atomic mass is 15.2. The van der Waals surface area contributed by atoms with Crippen LogP contribution in [0.3, 0.4) is 0 Å². The van der Waals surface area contributed by atoms with Crippen LogP contribution in [-0.2, 0) is 13.1 Å². The van der Waals surface area contributed by atoms with Crippen molar-refractivity contribution in [3.63, 3.8) is 0 Å². The van der Waals surface area contributed by atoms with Gasteiger partial charge in [0.15, 0.2) is 0 Å². The number of piperidine rings is 1. The summed E-state index contributed by atoms with van der Waals surface area (Å²) in [6.45, 7) is 10.2. The maximum absolute atomic E-state index is 4.35. The van der Waals surface area contributed by atoms with Crippen LogP contribution >= 0.6 is 0 Å². The molecule has 2 fully saturated rings. The highest BCUT2D eigenvalue weighted by Gasteiger charge is 2.26. The third-order valence-corrected chi connectivity index (χ3v) is 6.59. The average Bonchev–Trinajstić information content (AvgIpc) is 3.22. The van der Waals surface area contributed by atoms with Gasteiger partial charge in [-0.2, -0.15) is 0 Å². The third-order valence-electron chi connectivity index (χ3n) is 6.59. The van der Waals surface area contributed by atoms with Crippen LogP contribution in [0.15, 0.2) is 48.8 Å². The van der Waals surface area contributed by atoms with Gasteiger partial charge in [0.05, 0.1) is 0 Å². The predicted octanol–water partition coefficient (Wildman–Crippen LogP) is 4.56. The number of likely N-dealkylation sites (tertiary alicyclic amines) is 1. The van der Waals surface area contributed by atoms with Crippen LogP contribution in [0.1, 0.15) is 50.2 Å². The van der Waals surface area contributed by atoms with Crippen molar-refractivity contribution in [1.82, 2.24) is 14.8 Å². The second kappa shape index (κ2) is 10.2. The second-order valence-electron chi connectivity index (χ2n) is 8.63. The molecule has 0 aliphatic carbocycles. The van der Waals surface area contributed by atoms with Crippen molar-refractivity contribution in [3.8, 4) is 0 Å². The quantitative estimate of drug-likeness (QED) is 0.657. The molecule has 4 heteroatoms. The lowest BCUT2D eigenvalue weighted by molar-refractivity contribution is 0.166. The fraction of sp³-hybridized carbons (Fsp3) is 0.560. The molecule has 0 bridgehead atoms. The molecule has 4 rings (SSSR count). The van der Waals surface area contributed by atoms with E-state index in [4.69, 9.17) is 0 Å². The van der Waals surface area contributed by atoms with E-state index in [1.807, 2.05) is 12.4 Å². The zero-order valence-electron chi connectivity index (χ0n) is 18.0. The number of hydrogen-bond donors (Lipinski definition) is 0. The van der Waals surface area contributed by atoms with Crippen LogP contribution in [0.2, 0.25) is 0 Å². The summed E-state index contributed by atoms with van der Waals surface area (Å²) in [7, 11) is 0. The Bertz CT molecular complexity index is 741. The first kappa shape index (κ1) is 20.4. The molecule has 0 saturated carbocycles. The van der Waals surface area contributed by atoms with Gasteiger partial charge in [0, 0.05) is 56.8 Å². The Balaban J connectivity index is 1.53. The smallest absolute Gasteiger partial charge is 0.0411 e. The fourth-order valence-electron chi connectivity index (χ4n) is 5.08. The van der Waals surface area contributed by atoms with Gasteiger partial charge in [-0.05, 0) is 68.5 Å². The fourth-order valence-corrected chi connectivity index (χ4v) is 5.08. The van der Waals surface area contributed by atoms with Crippen LogP contribution in [0.5, 0.6) is 0 Å². The standard InChI is InChI=1S/C25H36N4/c1-2-28-17-9-12-24(28)21-27(19-22-10-8-14-26-18-22)20-23-11-4-5-13-25(23)29-15-6-3-7-16-29/h4-5,8,10-11,13-14,18,24H,2-3,6-7,9,12,15-17,19-21H2,1H3. The lowest BCUT2D eigenvalue weighted by Gasteiger charge is -2.34. The number of rotatable bonds is 8. The summed E-state index contributed by atoms with van der Waals surface area (Å²) in [6.07, 6.45) is 10.6. The van der Waals surface area contributed by atoms with E-state index >= 15 is 0 Å². The van der Waals surface area contributed by atoms with Gasteiger partial charge >= 0.3 is 0 Å². The van der Waals surface area contributed by atoms with Crippen LogP contribution < -0.4 is 4.90 Å². The van der Waals surface area contributed by atoms with Crippen LogP contribution in [0, 0.1) is 0 Å². The summed E-state index contributed by atoms with van der Waals surface area (Å²) >= 11 is 0. The summed E-state index contributed by atoms with van der Waals surface area (Å²) in [5.74, 6) is 0. The summed E-state index contributed by atoms with van der Waals surface area (Å²) in [5.41, 5.74) is 4.23. The first-order valence-corrected chi connectivity index (χ1v) is 11.5. The average molecular weight is 393 g/mol. The molecule has 1 atom stereocenters. The van der Waals surface area contributed by atoms with Crippen molar-refractivity contribution in [2.45, 2.75) is 58.2 Å². The molecule has 2 aliphatic heterocycles. The van der Waals surface area contributed by atoms with Crippen LogP contribution in [0.4, 0.5) is 5.69 Å². The largest absolute Gasteiger partial charge is 0.371 e. The first-order valence-electron chi connectivity index (χ1n) is 11.5. The SMILES string of the molecule is CCN1CCCC1CN(Cc1cccnc1)Cc1ccccc1N1CCCCC1. The van der Waals surface area contributed by atoms with Crippen molar-refractivity contribution >= 4 is 5.69 Å². The van der Waals surface area contributed by atoms with E-state index in [2.05, 4.69) is 63.0 Å². The van der Waals surface area contributed by atoms with E-state index in [0.717, 1.165) is 26.2 Å². The minimum Gasteiger partial charge on any atom is -0.371 e. The molecule has 0 amide bonds. The van der Waals surface area contributed by atoms with Crippen LogP contribution in [-0.4, -0.2) is 53.5 Å². The molecule has 0 spiro atoms. The van der Waals surface area contributed by atoms with Gasteiger partial charge in [-0.25, -0.2) is 0 Å². The molecule has 4 nitrogen and oxygen atoms in total. The molecule has 0 N–H and O–H groups in total. The molecule has 156 valence electrons. The van der Waals surface area contributed by atoms with E-state index in [0.29, 0.717) is 6.04 Å². The van der Waals surface area contributed by atoms with Gasteiger partial charge in [0.1, 0.15) is 0 Å². The highest BCUT2D eigenvalue weighted by molar-refractivity contribution is 5.54. The summed E-state index contributed by atoms with van der Waals surface area (Å²) < 4.78 is 0. The lowest BCUT2D eigenvalue weighted by atomic mass is 10.1. The van der Waals surface area contributed by atoms with Crippen molar-refractivity contribution in [1.29, 1.82) is 0 Å². The van der Waals surface area contributed by atoms with Crippen LogP contribution in [0.25, 0.3) is 0 Å². The van der Waals surface area contributed by atoms with Crippen molar-refractivity contribution in [3.05, 3.63) is 59.9 Å². The van der Waals surface area contributed by atoms with Gasteiger partial charge in [0.2, 0.25) is 0 Å². The molecule has 2 aromatic rings. The topological polar surface area (TPSA) is 22.6 Å². The Kier molecular flexibility index (Phi) is 7.18. The summed E-state index contributed by atoms with van der Waals surface area (Å²) in [4.78, 5) is 12.3. The maximum atomic E-state index is 4.35. The molecule has 0 radical (unpaired) electrons. The number of pyridine rings is 1. The minimum absolute atomic E-state index is 0.679. The van der Waals surface area contributed by atoms with Gasteiger partial charge in [-0.1, -0.05) is 31.2 Å². The van der Waals surface area contributed by atoms with Crippen molar-refractivity contribution in [2.75, 3.05) is 37.6 Å². The molecule has 1 aromatic carbocycles. The summed E-state index contributed by atoms with van der Waals surface area (Å²) in [6, 6.07) is 14.0. The molecular weight excluding hydrogens is 356 g/mol. The zero-order valence-corrected chi connectivity index (χ0v) is 18.0. The number of aromatic nitrogens is 1. The number of para-hydroxylation sites is 1. The lowest BCUT2D eigenvalue weighted by Crippen LogP contribution is -2.40. The number of anilines is 1. The number of benzene rings is 1. The van der Waals surface area contributed by atoms with Crippen molar-refractivity contribution < 1.29 is 0 Å². The Morgan fingerprint density at radius 2 is 1.83 bits per heavy atom.